The van der Waals surface area contributed by atoms with Gasteiger partial charge >= 0.3 is 0 Å². The molecule has 0 spiro atoms. The third kappa shape index (κ3) is 4.49. The molecule has 1 fully saturated rings. The van der Waals surface area contributed by atoms with Gasteiger partial charge in [0.15, 0.2) is 15.0 Å². The van der Waals surface area contributed by atoms with Gasteiger partial charge < -0.3 is 4.90 Å². The molecule has 0 radical (unpaired) electrons. The summed E-state index contributed by atoms with van der Waals surface area (Å²) in [7, 11) is -3.41. The van der Waals surface area contributed by atoms with Crippen molar-refractivity contribution < 1.29 is 8.42 Å². The van der Waals surface area contributed by atoms with Crippen LogP contribution in [0, 0.1) is 6.92 Å². The number of hydrogen-bond donors (Lipinski definition) is 0. The zero-order valence-electron chi connectivity index (χ0n) is 16.2. The van der Waals surface area contributed by atoms with Crippen molar-refractivity contribution in [2.75, 3.05) is 18.0 Å². The van der Waals surface area contributed by atoms with Gasteiger partial charge in [0.25, 0.3) is 0 Å². The maximum absolute atomic E-state index is 13.0. The number of benzene rings is 2. The molecule has 152 valence electrons. The number of aromatic nitrogens is 1. The van der Waals surface area contributed by atoms with E-state index >= 15 is 0 Å². The maximum atomic E-state index is 13.0. The van der Waals surface area contributed by atoms with E-state index in [1.54, 1.807) is 35.6 Å². The molecule has 0 N–H and O–H groups in total. The smallest absolute Gasteiger partial charge is 0.185 e. The number of halogens is 1. The van der Waals surface area contributed by atoms with Crippen molar-refractivity contribution in [3.63, 3.8) is 0 Å². The maximum Gasteiger partial charge on any atom is 0.185 e. The fourth-order valence-electron chi connectivity index (χ4n) is 3.77. The van der Waals surface area contributed by atoms with E-state index < -0.39 is 15.1 Å². The highest BCUT2D eigenvalue weighted by Gasteiger charge is 2.33. The molecule has 29 heavy (non-hydrogen) atoms. The van der Waals surface area contributed by atoms with Gasteiger partial charge in [0.1, 0.15) is 0 Å². The molecule has 2 aromatic carbocycles. The second-order valence-corrected chi connectivity index (χ2v) is 10.9. The van der Waals surface area contributed by atoms with Crippen LogP contribution < -0.4 is 4.90 Å². The summed E-state index contributed by atoms with van der Waals surface area (Å²) in [4.78, 5) is 7.23. The zero-order chi connectivity index (χ0) is 20.4. The molecule has 0 aliphatic carbocycles. The van der Waals surface area contributed by atoms with Gasteiger partial charge in [-0.1, -0.05) is 53.6 Å². The van der Waals surface area contributed by atoms with E-state index in [-0.39, 0.29) is 4.90 Å². The topological polar surface area (TPSA) is 50.3 Å². The Kier molecular flexibility index (Phi) is 5.95. The summed E-state index contributed by atoms with van der Waals surface area (Å²) in [5.41, 5.74) is 3.56. The number of nitrogens with zero attached hydrogens (tertiary/aromatic N) is 2. The minimum Gasteiger partial charge on any atom is -0.348 e. The summed E-state index contributed by atoms with van der Waals surface area (Å²) in [6, 6.07) is 15.2. The Bertz CT molecular complexity index is 1100. The molecule has 7 heteroatoms. The molecule has 0 amide bonds. The molecule has 2 heterocycles. The molecule has 1 aromatic heterocycles. The van der Waals surface area contributed by atoms with E-state index in [9.17, 15) is 8.42 Å². The van der Waals surface area contributed by atoms with Crippen LogP contribution in [0.4, 0.5) is 5.13 Å². The normalized spacial score (nSPS) is 15.6. The van der Waals surface area contributed by atoms with Crippen molar-refractivity contribution in [1.29, 1.82) is 0 Å². The van der Waals surface area contributed by atoms with Gasteiger partial charge in [-0.2, -0.15) is 0 Å². The standard InChI is InChI=1S/C22H23ClN2O2S2/c1-16-5-4-6-17(13-16)14-18-15-28-22(24-18)25-11-9-19(10-12-25)29(26,27)21-8-3-2-7-20(21)23/h2-8,13,15,19H,9-12,14H2,1H3. The van der Waals surface area contributed by atoms with Crippen LogP contribution in [0.2, 0.25) is 5.02 Å². The number of piperidine rings is 1. The third-order valence-electron chi connectivity index (χ3n) is 5.30. The first kappa shape index (κ1) is 20.4. The van der Waals surface area contributed by atoms with Crippen LogP contribution in [-0.4, -0.2) is 31.7 Å². The van der Waals surface area contributed by atoms with E-state index in [1.807, 2.05) is 0 Å². The molecule has 0 unspecified atom stereocenters. The SMILES string of the molecule is Cc1cccc(Cc2csc(N3CCC(S(=O)(=O)c4ccccc4Cl)CC3)n2)c1. The predicted molar refractivity (Wildman–Crippen MR) is 120 cm³/mol. The van der Waals surface area contributed by atoms with Crippen molar-refractivity contribution in [3.8, 4) is 0 Å². The number of hydrogen-bond acceptors (Lipinski definition) is 5. The summed E-state index contributed by atoms with van der Waals surface area (Å²) in [5, 5.41) is 2.98. The van der Waals surface area contributed by atoms with Gasteiger partial charge in [-0.05, 0) is 37.5 Å². The first-order chi connectivity index (χ1) is 13.9. The van der Waals surface area contributed by atoms with Gasteiger partial charge in [0.2, 0.25) is 0 Å². The van der Waals surface area contributed by atoms with Gasteiger partial charge in [-0.3, -0.25) is 0 Å². The summed E-state index contributed by atoms with van der Waals surface area (Å²) in [6.45, 7) is 3.47. The average molecular weight is 447 g/mol. The Morgan fingerprint density at radius 3 is 2.62 bits per heavy atom. The lowest BCUT2D eigenvalue weighted by Crippen LogP contribution is -2.39. The highest BCUT2D eigenvalue weighted by Crippen LogP contribution is 2.32. The van der Waals surface area contributed by atoms with Crippen LogP contribution in [0.15, 0.2) is 58.8 Å². The monoisotopic (exact) mass is 446 g/mol. The van der Waals surface area contributed by atoms with Gasteiger partial charge in [-0.25, -0.2) is 13.4 Å². The number of sulfone groups is 1. The summed E-state index contributed by atoms with van der Waals surface area (Å²) in [5.74, 6) is 0. The Hall–Kier alpha value is -1.89. The molecule has 1 aliphatic heterocycles. The first-order valence-corrected chi connectivity index (χ1v) is 12.5. The lowest BCUT2D eigenvalue weighted by atomic mass is 10.1. The van der Waals surface area contributed by atoms with Crippen molar-refractivity contribution >= 4 is 37.9 Å². The Morgan fingerprint density at radius 1 is 1.14 bits per heavy atom. The molecule has 0 saturated carbocycles. The molecule has 1 aliphatic rings. The van der Waals surface area contributed by atoms with Crippen LogP contribution in [0.25, 0.3) is 0 Å². The first-order valence-electron chi connectivity index (χ1n) is 9.67. The predicted octanol–water partition coefficient (Wildman–Crippen LogP) is 5.14. The second-order valence-electron chi connectivity index (χ2n) is 7.45. The van der Waals surface area contributed by atoms with Crippen LogP contribution in [0.1, 0.15) is 29.7 Å². The van der Waals surface area contributed by atoms with Crippen molar-refractivity contribution in [2.24, 2.45) is 0 Å². The minimum absolute atomic E-state index is 0.245. The highest BCUT2D eigenvalue weighted by atomic mass is 35.5. The largest absolute Gasteiger partial charge is 0.348 e. The molecule has 4 nitrogen and oxygen atoms in total. The Balaban J connectivity index is 1.41. The van der Waals surface area contributed by atoms with Gasteiger partial charge in [0, 0.05) is 24.9 Å². The fourth-order valence-corrected chi connectivity index (χ4v) is 6.90. The molecule has 3 aromatic rings. The third-order valence-corrected chi connectivity index (χ3v) is 9.01. The second kappa shape index (κ2) is 8.46. The quantitative estimate of drug-likeness (QED) is 0.544. The molecule has 1 saturated heterocycles. The Morgan fingerprint density at radius 2 is 1.90 bits per heavy atom. The van der Waals surface area contributed by atoms with Crippen LogP contribution >= 0.6 is 22.9 Å². The van der Waals surface area contributed by atoms with Crippen LogP contribution in [-0.2, 0) is 16.3 Å². The number of rotatable bonds is 5. The molecule has 0 atom stereocenters. The number of anilines is 1. The van der Waals surface area contributed by atoms with Crippen LogP contribution in [0.5, 0.6) is 0 Å². The highest BCUT2D eigenvalue weighted by molar-refractivity contribution is 7.92. The number of aryl methyl sites for hydroxylation is 1. The van der Waals surface area contributed by atoms with Crippen molar-refractivity contribution in [2.45, 2.75) is 36.3 Å². The van der Waals surface area contributed by atoms with E-state index in [4.69, 9.17) is 16.6 Å². The van der Waals surface area contributed by atoms with Gasteiger partial charge in [-0.15, -0.1) is 11.3 Å². The lowest BCUT2D eigenvalue weighted by Gasteiger charge is -2.31. The van der Waals surface area contributed by atoms with E-state index in [0.29, 0.717) is 31.0 Å². The zero-order valence-corrected chi connectivity index (χ0v) is 18.6. The van der Waals surface area contributed by atoms with Crippen molar-refractivity contribution in [1.82, 2.24) is 4.98 Å². The fraction of sp³-hybridized carbons (Fsp3) is 0.318. The molecule has 4 rings (SSSR count). The minimum atomic E-state index is -3.41. The molecule has 0 bridgehead atoms. The summed E-state index contributed by atoms with van der Waals surface area (Å²) in [6.07, 6.45) is 1.98. The molecular formula is C22H23ClN2O2S2. The summed E-state index contributed by atoms with van der Waals surface area (Å²) < 4.78 is 25.9. The lowest BCUT2D eigenvalue weighted by molar-refractivity contribution is 0.529. The summed E-state index contributed by atoms with van der Waals surface area (Å²) >= 11 is 7.76. The van der Waals surface area contributed by atoms with E-state index in [0.717, 1.165) is 17.2 Å². The van der Waals surface area contributed by atoms with Crippen molar-refractivity contribution in [3.05, 3.63) is 75.8 Å². The van der Waals surface area contributed by atoms with E-state index in [2.05, 4.69) is 41.5 Å². The Labute approximate surface area is 181 Å². The van der Waals surface area contributed by atoms with Gasteiger partial charge in [0.05, 0.1) is 20.9 Å². The molecular weight excluding hydrogens is 424 g/mol. The average Bonchev–Trinajstić information content (AvgIpc) is 3.17. The number of thiazole rings is 1. The van der Waals surface area contributed by atoms with Crippen LogP contribution in [0.3, 0.4) is 0 Å². The van der Waals surface area contributed by atoms with E-state index in [1.165, 1.54) is 11.1 Å².